The molecule has 1 aromatic heterocycles. The van der Waals surface area contributed by atoms with Gasteiger partial charge in [-0.3, -0.25) is 9.59 Å². The molecule has 0 atom stereocenters. The number of H-pyrrole nitrogens is 1. The number of benzene rings is 4. The highest BCUT2D eigenvalue weighted by molar-refractivity contribution is 6.09. The largest absolute Gasteiger partial charge is 0.493 e. The van der Waals surface area contributed by atoms with Crippen molar-refractivity contribution in [3.63, 3.8) is 0 Å². The molecule has 4 aromatic carbocycles. The van der Waals surface area contributed by atoms with Gasteiger partial charge < -0.3 is 23.9 Å². The molecule has 1 heterocycles. The van der Waals surface area contributed by atoms with E-state index in [-0.39, 0.29) is 34.3 Å². The number of carbonyl (C=O) groups is 3. The molecule has 0 unspecified atom stereocenters. The van der Waals surface area contributed by atoms with Crippen molar-refractivity contribution in [1.82, 2.24) is 10.4 Å². The van der Waals surface area contributed by atoms with Crippen LogP contribution in [0.15, 0.2) is 90.0 Å². The average Bonchev–Trinajstić information content (AvgIpc) is 3.40. The molecule has 11 heteroatoms. The Bertz CT molecular complexity index is 1900. The Morgan fingerprint density at radius 1 is 0.818 bits per heavy atom. The van der Waals surface area contributed by atoms with E-state index in [1.807, 2.05) is 30.3 Å². The molecular weight excluding hydrogens is 569 g/mol. The molecule has 5 aromatic rings. The Kier molecular flexibility index (Phi) is 8.66. The summed E-state index contributed by atoms with van der Waals surface area (Å²) in [4.78, 5) is 40.3. The van der Waals surface area contributed by atoms with E-state index in [1.165, 1.54) is 63.8 Å². The minimum Gasteiger partial charge on any atom is -0.493 e. The second kappa shape index (κ2) is 12.9. The molecule has 0 bridgehead atoms. The van der Waals surface area contributed by atoms with Crippen LogP contribution in [0.3, 0.4) is 0 Å². The third-order valence-electron chi connectivity index (χ3n) is 6.47. The SMILES string of the molecule is COc1cc(C(=O)Oc2ccc(C=NNC(=O)c3[nH]c4ccc(F)cc4c3-c3ccccc3)cc2OC)ccc1OC(C)=O. The number of fused-ring (bicyclic) bond motifs is 1. The van der Waals surface area contributed by atoms with E-state index in [9.17, 15) is 18.8 Å². The van der Waals surface area contributed by atoms with Crippen molar-refractivity contribution in [2.45, 2.75) is 6.92 Å². The first-order chi connectivity index (χ1) is 21.3. The van der Waals surface area contributed by atoms with Crippen molar-refractivity contribution in [2.24, 2.45) is 5.10 Å². The number of nitrogens with zero attached hydrogens (tertiary/aromatic N) is 1. The van der Waals surface area contributed by atoms with Gasteiger partial charge in [0.05, 0.1) is 26.0 Å². The predicted octanol–water partition coefficient (Wildman–Crippen LogP) is 5.90. The van der Waals surface area contributed by atoms with Crippen LogP contribution >= 0.6 is 0 Å². The maximum atomic E-state index is 14.1. The number of halogens is 1. The number of aromatic nitrogens is 1. The molecule has 0 fully saturated rings. The summed E-state index contributed by atoms with van der Waals surface area (Å²) in [6.07, 6.45) is 1.40. The number of carbonyl (C=O) groups excluding carboxylic acids is 3. The Hall–Kier alpha value is -5.97. The van der Waals surface area contributed by atoms with Crippen LogP contribution in [0.4, 0.5) is 4.39 Å². The van der Waals surface area contributed by atoms with E-state index in [2.05, 4.69) is 15.5 Å². The first-order valence-electron chi connectivity index (χ1n) is 13.2. The van der Waals surface area contributed by atoms with Crippen LogP contribution in [-0.4, -0.2) is 43.3 Å². The van der Waals surface area contributed by atoms with Crippen molar-refractivity contribution >= 4 is 35.0 Å². The lowest BCUT2D eigenvalue weighted by molar-refractivity contribution is -0.132. The molecule has 0 radical (unpaired) electrons. The molecule has 44 heavy (non-hydrogen) atoms. The fourth-order valence-corrected chi connectivity index (χ4v) is 4.50. The summed E-state index contributed by atoms with van der Waals surface area (Å²) in [6.45, 7) is 1.25. The van der Waals surface area contributed by atoms with Crippen molar-refractivity contribution in [3.8, 4) is 34.1 Å². The second-order valence-corrected chi connectivity index (χ2v) is 9.39. The van der Waals surface area contributed by atoms with Gasteiger partial charge in [-0.25, -0.2) is 14.6 Å². The monoisotopic (exact) mass is 595 g/mol. The molecule has 0 saturated heterocycles. The van der Waals surface area contributed by atoms with Gasteiger partial charge in [-0.1, -0.05) is 30.3 Å². The van der Waals surface area contributed by atoms with Crippen molar-refractivity contribution in [2.75, 3.05) is 14.2 Å². The molecular formula is C33H26FN3O7. The molecule has 2 N–H and O–H groups in total. The number of hydrogen-bond acceptors (Lipinski definition) is 8. The second-order valence-electron chi connectivity index (χ2n) is 9.39. The number of methoxy groups -OCH3 is 2. The van der Waals surface area contributed by atoms with Gasteiger partial charge in [0.1, 0.15) is 11.5 Å². The van der Waals surface area contributed by atoms with Gasteiger partial charge in [0.2, 0.25) is 0 Å². The summed E-state index contributed by atoms with van der Waals surface area (Å²) in [5.41, 5.74) is 5.33. The van der Waals surface area contributed by atoms with Gasteiger partial charge in [0, 0.05) is 23.4 Å². The van der Waals surface area contributed by atoms with E-state index < -0.39 is 23.7 Å². The van der Waals surface area contributed by atoms with Crippen LogP contribution in [0.25, 0.3) is 22.0 Å². The number of aromatic amines is 1. The first kappa shape index (κ1) is 29.5. The summed E-state index contributed by atoms with van der Waals surface area (Å²) in [7, 11) is 2.79. The molecule has 5 rings (SSSR count). The number of rotatable bonds is 9. The van der Waals surface area contributed by atoms with Gasteiger partial charge >= 0.3 is 11.9 Å². The van der Waals surface area contributed by atoms with E-state index in [0.29, 0.717) is 22.0 Å². The quantitative estimate of drug-likeness (QED) is 0.0940. The maximum absolute atomic E-state index is 14.1. The third-order valence-corrected chi connectivity index (χ3v) is 6.47. The van der Waals surface area contributed by atoms with Crippen molar-refractivity contribution in [1.29, 1.82) is 0 Å². The van der Waals surface area contributed by atoms with E-state index in [0.717, 1.165) is 5.56 Å². The molecule has 0 aliphatic heterocycles. The summed E-state index contributed by atoms with van der Waals surface area (Å²) >= 11 is 0. The lowest BCUT2D eigenvalue weighted by Gasteiger charge is -2.12. The zero-order chi connectivity index (χ0) is 31.2. The van der Waals surface area contributed by atoms with Gasteiger partial charge in [-0.05, 0) is 65.7 Å². The van der Waals surface area contributed by atoms with Crippen molar-refractivity contribution < 1.29 is 37.7 Å². The Morgan fingerprint density at radius 3 is 2.25 bits per heavy atom. The van der Waals surface area contributed by atoms with Gasteiger partial charge in [0.15, 0.2) is 23.0 Å². The van der Waals surface area contributed by atoms with E-state index in [1.54, 1.807) is 18.2 Å². The van der Waals surface area contributed by atoms with Crippen LogP contribution in [0, 0.1) is 5.82 Å². The Balaban J connectivity index is 1.32. The standard InChI is InChI=1S/C33H26FN3O7/c1-19(38)43-26-14-10-22(16-29(26)42-3)33(40)44-27-13-9-20(15-28(27)41-2)18-35-37-32(39)31-30(21-7-5-4-6-8-21)24-17-23(34)11-12-25(24)36-31/h4-18,36H,1-3H3,(H,37,39). The van der Waals surface area contributed by atoms with Gasteiger partial charge in [-0.2, -0.15) is 5.10 Å². The zero-order valence-corrected chi connectivity index (χ0v) is 23.8. The fourth-order valence-electron chi connectivity index (χ4n) is 4.50. The van der Waals surface area contributed by atoms with Crippen LogP contribution in [-0.2, 0) is 4.79 Å². The molecule has 10 nitrogen and oxygen atoms in total. The molecule has 1 amide bonds. The number of ether oxygens (including phenoxy) is 4. The minimum absolute atomic E-state index is 0.138. The lowest BCUT2D eigenvalue weighted by atomic mass is 10.0. The summed E-state index contributed by atoms with van der Waals surface area (Å²) in [5, 5.41) is 4.64. The number of amides is 1. The summed E-state index contributed by atoms with van der Waals surface area (Å²) in [5.74, 6) is -1.44. The molecule has 0 saturated carbocycles. The van der Waals surface area contributed by atoms with E-state index >= 15 is 0 Å². The Morgan fingerprint density at radius 2 is 1.52 bits per heavy atom. The van der Waals surface area contributed by atoms with Gasteiger partial charge in [-0.15, -0.1) is 0 Å². The molecule has 0 aliphatic carbocycles. The summed E-state index contributed by atoms with van der Waals surface area (Å²) < 4.78 is 35.2. The van der Waals surface area contributed by atoms with Crippen LogP contribution < -0.4 is 24.4 Å². The number of esters is 2. The zero-order valence-electron chi connectivity index (χ0n) is 23.8. The predicted molar refractivity (Wildman–Crippen MR) is 161 cm³/mol. The lowest BCUT2D eigenvalue weighted by Crippen LogP contribution is -2.18. The van der Waals surface area contributed by atoms with Crippen molar-refractivity contribution in [3.05, 3.63) is 108 Å². The normalized spacial score (nSPS) is 10.9. The first-order valence-corrected chi connectivity index (χ1v) is 13.2. The fraction of sp³-hybridized carbons (Fsp3) is 0.0909. The topological polar surface area (TPSA) is 128 Å². The molecule has 222 valence electrons. The Labute approximate surface area is 251 Å². The average molecular weight is 596 g/mol. The highest BCUT2D eigenvalue weighted by Crippen LogP contribution is 2.34. The highest BCUT2D eigenvalue weighted by atomic mass is 19.1. The summed E-state index contributed by atoms with van der Waals surface area (Å²) in [6, 6.07) is 22.4. The molecule has 0 spiro atoms. The number of hydrogen-bond donors (Lipinski definition) is 2. The molecule has 0 aliphatic rings. The number of hydrazone groups is 1. The van der Waals surface area contributed by atoms with Crippen LogP contribution in [0.5, 0.6) is 23.0 Å². The van der Waals surface area contributed by atoms with Crippen LogP contribution in [0.2, 0.25) is 0 Å². The third kappa shape index (κ3) is 6.41. The smallest absolute Gasteiger partial charge is 0.343 e. The maximum Gasteiger partial charge on any atom is 0.343 e. The number of nitrogens with one attached hydrogen (secondary N) is 2. The van der Waals surface area contributed by atoms with E-state index in [4.69, 9.17) is 18.9 Å². The van der Waals surface area contributed by atoms with Crippen LogP contribution in [0.1, 0.15) is 33.3 Å². The van der Waals surface area contributed by atoms with Gasteiger partial charge in [0.25, 0.3) is 5.91 Å². The minimum atomic E-state index is -0.697. The highest BCUT2D eigenvalue weighted by Gasteiger charge is 2.20.